The van der Waals surface area contributed by atoms with E-state index in [9.17, 15) is 0 Å². The molecule has 1 saturated heterocycles. The van der Waals surface area contributed by atoms with Crippen LogP contribution in [0.25, 0.3) is 0 Å². The van der Waals surface area contributed by atoms with Crippen LogP contribution in [0.3, 0.4) is 0 Å². The smallest absolute Gasteiger partial charge is 0.0262 e. The molecule has 2 atom stereocenters. The van der Waals surface area contributed by atoms with Gasteiger partial charge in [0.2, 0.25) is 0 Å². The molecule has 0 N–H and O–H groups in total. The maximum absolute atomic E-state index is 2.57. The Morgan fingerprint density at radius 1 is 1.50 bits per heavy atom. The number of piperidine rings is 1. The van der Waals surface area contributed by atoms with Crippen LogP contribution in [0.15, 0.2) is 0 Å². The van der Waals surface area contributed by atoms with Gasteiger partial charge in [-0.2, -0.15) is 0 Å². The van der Waals surface area contributed by atoms with Gasteiger partial charge in [-0.1, -0.05) is 13.8 Å². The molecule has 10 heavy (non-hydrogen) atoms. The summed E-state index contributed by atoms with van der Waals surface area (Å²) in [5.74, 6) is 1.92. The fourth-order valence-corrected chi connectivity index (χ4v) is 2.86. The van der Waals surface area contributed by atoms with Crippen LogP contribution in [0.4, 0.5) is 0 Å². The monoisotopic (exact) mass is 139 g/mol. The summed E-state index contributed by atoms with van der Waals surface area (Å²) in [5.41, 5.74) is 0.653. The highest BCUT2D eigenvalue weighted by atomic mass is 15.3. The zero-order valence-corrected chi connectivity index (χ0v) is 7.22. The first-order valence-electron chi connectivity index (χ1n) is 4.39. The molecule has 1 aliphatic heterocycles. The van der Waals surface area contributed by atoms with E-state index in [1.807, 2.05) is 0 Å². The lowest BCUT2D eigenvalue weighted by Gasteiger charge is -2.27. The second-order valence-electron chi connectivity index (χ2n) is 4.26. The van der Waals surface area contributed by atoms with Crippen molar-refractivity contribution in [1.82, 2.24) is 4.90 Å². The Hall–Kier alpha value is -0.0400. The van der Waals surface area contributed by atoms with Crippen molar-refractivity contribution >= 4 is 0 Å². The molecule has 0 spiro atoms. The van der Waals surface area contributed by atoms with Gasteiger partial charge in [0, 0.05) is 5.54 Å². The van der Waals surface area contributed by atoms with E-state index in [-0.39, 0.29) is 0 Å². The molecule has 0 amide bonds. The third-order valence-electron chi connectivity index (χ3n) is 3.64. The minimum absolute atomic E-state index is 0.653. The van der Waals surface area contributed by atoms with Crippen LogP contribution in [0.1, 0.15) is 26.7 Å². The highest BCUT2D eigenvalue weighted by molar-refractivity contribution is 5.16. The van der Waals surface area contributed by atoms with Gasteiger partial charge in [-0.3, -0.25) is 0 Å². The summed E-state index contributed by atoms with van der Waals surface area (Å²) in [4.78, 5) is 2.57. The Bertz CT molecular complexity index is 149. The molecule has 2 rings (SSSR count). The largest absolute Gasteiger partial charge is 0.300 e. The van der Waals surface area contributed by atoms with Crippen molar-refractivity contribution in [1.29, 1.82) is 0 Å². The minimum Gasteiger partial charge on any atom is -0.300 e. The quantitative estimate of drug-likeness (QED) is 0.535. The Morgan fingerprint density at radius 3 is 2.40 bits per heavy atom. The molecule has 0 aromatic heterocycles. The predicted octanol–water partition coefficient (Wildman–Crippen LogP) is 1.74. The molecule has 2 fully saturated rings. The summed E-state index contributed by atoms with van der Waals surface area (Å²) < 4.78 is 0. The zero-order valence-electron chi connectivity index (χ0n) is 7.22. The van der Waals surface area contributed by atoms with E-state index in [0.29, 0.717) is 5.54 Å². The Morgan fingerprint density at radius 2 is 2.20 bits per heavy atom. The standard InChI is InChI=1S/C9H17N/c1-7(2)9-6-8(9)4-5-10(9)3/h7-8H,4-6H2,1-3H3/t8-,9-/m1/s1. The fraction of sp³-hybridized carbons (Fsp3) is 1.00. The van der Waals surface area contributed by atoms with E-state index in [1.165, 1.54) is 19.4 Å². The van der Waals surface area contributed by atoms with E-state index < -0.39 is 0 Å². The summed E-state index contributed by atoms with van der Waals surface area (Å²) in [6, 6.07) is 0. The van der Waals surface area contributed by atoms with E-state index in [1.54, 1.807) is 0 Å². The predicted molar refractivity (Wildman–Crippen MR) is 42.9 cm³/mol. The minimum atomic E-state index is 0.653. The number of fused-ring (bicyclic) bond motifs is 1. The van der Waals surface area contributed by atoms with E-state index in [0.717, 1.165) is 11.8 Å². The number of likely N-dealkylation sites (tertiary alicyclic amines) is 1. The molecule has 1 heterocycles. The Labute approximate surface area is 63.4 Å². The molecule has 0 unspecified atom stereocenters. The first-order valence-corrected chi connectivity index (χ1v) is 4.39. The van der Waals surface area contributed by atoms with Gasteiger partial charge in [0.25, 0.3) is 0 Å². The van der Waals surface area contributed by atoms with Crippen molar-refractivity contribution < 1.29 is 0 Å². The maximum atomic E-state index is 2.57. The van der Waals surface area contributed by atoms with Crippen molar-refractivity contribution in [3.05, 3.63) is 0 Å². The van der Waals surface area contributed by atoms with Crippen LogP contribution in [-0.2, 0) is 0 Å². The van der Waals surface area contributed by atoms with Gasteiger partial charge in [-0.05, 0) is 38.3 Å². The molecule has 1 aliphatic carbocycles. The topological polar surface area (TPSA) is 3.24 Å². The van der Waals surface area contributed by atoms with Gasteiger partial charge in [-0.25, -0.2) is 0 Å². The highest BCUT2D eigenvalue weighted by Crippen LogP contribution is 2.58. The van der Waals surface area contributed by atoms with Crippen molar-refractivity contribution in [3.8, 4) is 0 Å². The van der Waals surface area contributed by atoms with Crippen LogP contribution in [0, 0.1) is 11.8 Å². The fourth-order valence-electron chi connectivity index (χ4n) is 2.86. The summed E-state index contributed by atoms with van der Waals surface area (Å²) >= 11 is 0. The van der Waals surface area contributed by atoms with Crippen molar-refractivity contribution in [3.63, 3.8) is 0 Å². The van der Waals surface area contributed by atoms with Gasteiger partial charge in [-0.15, -0.1) is 0 Å². The van der Waals surface area contributed by atoms with Gasteiger partial charge in [0.15, 0.2) is 0 Å². The summed E-state index contributed by atoms with van der Waals surface area (Å²) in [6.07, 6.45) is 2.93. The average Bonchev–Trinajstić information content (AvgIpc) is 2.52. The van der Waals surface area contributed by atoms with Crippen molar-refractivity contribution in [2.24, 2.45) is 11.8 Å². The molecule has 1 nitrogen and oxygen atoms in total. The van der Waals surface area contributed by atoms with Gasteiger partial charge >= 0.3 is 0 Å². The van der Waals surface area contributed by atoms with Gasteiger partial charge in [0.1, 0.15) is 0 Å². The van der Waals surface area contributed by atoms with E-state index in [2.05, 4.69) is 25.8 Å². The van der Waals surface area contributed by atoms with Crippen molar-refractivity contribution in [2.45, 2.75) is 32.2 Å². The lowest BCUT2D eigenvalue weighted by molar-refractivity contribution is 0.201. The molecule has 0 radical (unpaired) electrons. The second-order valence-corrected chi connectivity index (χ2v) is 4.26. The van der Waals surface area contributed by atoms with Crippen molar-refractivity contribution in [2.75, 3.05) is 13.6 Å². The molecule has 0 aromatic rings. The molecule has 2 aliphatic rings. The zero-order chi connectivity index (χ0) is 7.35. The van der Waals surface area contributed by atoms with Gasteiger partial charge in [0.05, 0.1) is 0 Å². The number of rotatable bonds is 1. The van der Waals surface area contributed by atoms with Crippen LogP contribution in [0.2, 0.25) is 0 Å². The average molecular weight is 139 g/mol. The molecule has 1 saturated carbocycles. The number of hydrogen-bond acceptors (Lipinski definition) is 1. The lowest BCUT2D eigenvalue weighted by atomic mass is 10.00. The van der Waals surface area contributed by atoms with Crippen LogP contribution in [-0.4, -0.2) is 24.0 Å². The number of hydrogen-bond donors (Lipinski definition) is 0. The summed E-state index contributed by atoms with van der Waals surface area (Å²) in [5, 5.41) is 0. The highest BCUT2D eigenvalue weighted by Gasteiger charge is 2.61. The molecule has 1 heteroatoms. The molecular formula is C9H17N. The summed E-state index contributed by atoms with van der Waals surface area (Å²) in [7, 11) is 2.28. The number of nitrogens with zero attached hydrogens (tertiary/aromatic N) is 1. The first kappa shape index (κ1) is 6.66. The lowest BCUT2D eigenvalue weighted by Crippen LogP contribution is -2.35. The molecule has 0 aromatic carbocycles. The Kier molecular flexibility index (Phi) is 1.17. The second kappa shape index (κ2) is 1.76. The molecule has 58 valence electrons. The summed E-state index contributed by atoms with van der Waals surface area (Å²) in [6.45, 7) is 6.06. The first-order chi connectivity index (χ1) is 4.68. The van der Waals surface area contributed by atoms with Gasteiger partial charge < -0.3 is 4.90 Å². The maximum Gasteiger partial charge on any atom is 0.0262 e. The molecular weight excluding hydrogens is 122 g/mol. The third-order valence-corrected chi connectivity index (χ3v) is 3.64. The third kappa shape index (κ3) is 0.572. The van der Waals surface area contributed by atoms with E-state index >= 15 is 0 Å². The van der Waals surface area contributed by atoms with Crippen LogP contribution < -0.4 is 0 Å². The van der Waals surface area contributed by atoms with Crippen LogP contribution in [0.5, 0.6) is 0 Å². The normalized spacial score (nSPS) is 46.2. The van der Waals surface area contributed by atoms with Crippen LogP contribution >= 0.6 is 0 Å². The van der Waals surface area contributed by atoms with E-state index in [4.69, 9.17) is 0 Å². The SMILES string of the molecule is CC(C)[C@]12C[C@H]1CCN2C. The molecule has 0 bridgehead atoms. The Balaban J connectivity index is 2.17.